The van der Waals surface area contributed by atoms with Crippen molar-refractivity contribution in [1.82, 2.24) is 20.0 Å². The summed E-state index contributed by atoms with van der Waals surface area (Å²) < 4.78 is 27.5. The van der Waals surface area contributed by atoms with Gasteiger partial charge in [-0.15, -0.1) is 0 Å². The zero-order chi connectivity index (χ0) is 24.8. The lowest BCUT2D eigenvalue weighted by Crippen LogP contribution is -2.45. The third-order valence-corrected chi connectivity index (χ3v) is 5.88. The van der Waals surface area contributed by atoms with Crippen molar-refractivity contribution in [3.63, 3.8) is 0 Å². The van der Waals surface area contributed by atoms with Gasteiger partial charge in [0.1, 0.15) is 11.6 Å². The molecule has 7 nitrogen and oxygen atoms in total. The first-order chi connectivity index (χ1) is 16.9. The highest BCUT2D eigenvalue weighted by molar-refractivity contribution is 5.74. The summed E-state index contributed by atoms with van der Waals surface area (Å²) in [4.78, 5) is 15.0. The van der Waals surface area contributed by atoms with Crippen molar-refractivity contribution in [2.75, 3.05) is 13.2 Å². The summed E-state index contributed by atoms with van der Waals surface area (Å²) in [5, 5.41) is 7.82. The molecule has 2 amide bonds. The molecule has 1 fully saturated rings. The fourth-order valence-electron chi connectivity index (χ4n) is 4.17. The fourth-order valence-corrected chi connectivity index (χ4v) is 4.17. The Kier molecular flexibility index (Phi) is 8.02. The number of hydrogen-bond donors (Lipinski definition) is 1. The molecule has 0 saturated carbocycles. The number of nitrogens with zero attached hydrogens (tertiary/aromatic N) is 3. The predicted octanol–water partition coefficient (Wildman–Crippen LogP) is 5.47. The van der Waals surface area contributed by atoms with Crippen LogP contribution in [0.25, 0.3) is 5.69 Å². The molecule has 1 aliphatic rings. The van der Waals surface area contributed by atoms with E-state index in [0.717, 1.165) is 30.7 Å². The number of halogens is 1. The van der Waals surface area contributed by atoms with Crippen LogP contribution in [0.15, 0.2) is 54.6 Å². The molecule has 0 radical (unpaired) electrons. The van der Waals surface area contributed by atoms with Crippen LogP contribution in [0.4, 0.5) is 9.18 Å². The van der Waals surface area contributed by atoms with Gasteiger partial charge in [-0.05, 0) is 69.5 Å². The lowest BCUT2D eigenvalue weighted by Gasteiger charge is -2.27. The van der Waals surface area contributed by atoms with Crippen LogP contribution in [0.1, 0.15) is 44.9 Å². The molecule has 8 heteroatoms. The van der Waals surface area contributed by atoms with Crippen LogP contribution in [0.5, 0.6) is 11.6 Å². The quantitative estimate of drug-likeness (QED) is 0.441. The second-order valence-corrected chi connectivity index (χ2v) is 9.01. The number of aryl methyl sites for hydroxylation is 1. The monoisotopic (exact) mass is 480 g/mol. The number of benzene rings is 2. The average molecular weight is 481 g/mol. The minimum atomic E-state index is -0.324. The lowest BCUT2D eigenvalue weighted by atomic mass is 10.1. The molecular weight excluding hydrogens is 447 g/mol. The van der Waals surface area contributed by atoms with Gasteiger partial charge in [0.25, 0.3) is 0 Å². The molecule has 1 N–H and O–H groups in total. The molecule has 4 rings (SSSR count). The van der Waals surface area contributed by atoms with E-state index in [0.29, 0.717) is 36.8 Å². The van der Waals surface area contributed by atoms with Crippen LogP contribution in [0.2, 0.25) is 0 Å². The average Bonchev–Trinajstić information content (AvgIpc) is 3.48. The zero-order valence-corrected chi connectivity index (χ0v) is 20.5. The molecule has 1 aromatic heterocycles. The van der Waals surface area contributed by atoms with Crippen molar-refractivity contribution in [2.45, 2.75) is 58.7 Å². The van der Waals surface area contributed by atoms with Crippen molar-refractivity contribution < 1.29 is 18.7 Å². The minimum absolute atomic E-state index is 0.00196. The largest absolute Gasteiger partial charge is 0.439 e. The maximum absolute atomic E-state index is 13.6. The van der Waals surface area contributed by atoms with Crippen LogP contribution in [0, 0.1) is 5.82 Å². The summed E-state index contributed by atoms with van der Waals surface area (Å²) in [6.07, 6.45) is 2.57. The van der Waals surface area contributed by atoms with Gasteiger partial charge in [-0.3, -0.25) is 0 Å². The second-order valence-electron chi connectivity index (χ2n) is 9.01. The fraction of sp³-hybridized carbons (Fsp3) is 0.407. The third kappa shape index (κ3) is 6.19. The van der Waals surface area contributed by atoms with Gasteiger partial charge in [0.15, 0.2) is 0 Å². The van der Waals surface area contributed by atoms with Gasteiger partial charge in [0, 0.05) is 19.2 Å². The highest BCUT2D eigenvalue weighted by Gasteiger charge is 2.28. The predicted molar refractivity (Wildman–Crippen MR) is 132 cm³/mol. The van der Waals surface area contributed by atoms with Gasteiger partial charge in [-0.1, -0.05) is 25.1 Å². The number of ether oxygens (including phenoxy) is 2. The standard InChI is InChI=1S/C27H33FN4O3/c1-4-25-24(18-31(27(33)29-19(2)3)17-23-11-8-16-34-23)26(35-22-9-6-5-7-10-22)32(30-25)21-14-12-20(28)13-15-21/h5-7,9-10,12-15,19,23H,4,8,11,16-18H2,1-3H3,(H,29,33)/t23-/m1/s1. The molecule has 2 aromatic carbocycles. The second kappa shape index (κ2) is 11.4. The Morgan fingerprint density at radius 2 is 1.97 bits per heavy atom. The highest BCUT2D eigenvalue weighted by atomic mass is 19.1. The third-order valence-electron chi connectivity index (χ3n) is 5.88. The summed E-state index contributed by atoms with van der Waals surface area (Å²) >= 11 is 0. The zero-order valence-electron chi connectivity index (χ0n) is 20.5. The molecule has 1 aliphatic heterocycles. The maximum atomic E-state index is 13.6. The summed E-state index contributed by atoms with van der Waals surface area (Å²) in [5.41, 5.74) is 2.31. The Labute approximate surface area is 205 Å². The number of nitrogens with one attached hydrogen (secondary N) is 1. The number of carbonyl (C=O) groups excluding carboxylic acids is 1. The first-order valence-electron chi connectivity index (χ1n) is 12.2. The van der Waals surface area contributed by atoms with E-state index in [1.807, 2.05) is 51.1 Å². The van der Waals surface area contributed by atoms with E-state index < -0.39 is 0 Å². The van der Waals surface area contributed by atoms with Gasteiger partial charge in [0.05, 0.1) is 29.6 Å². The summed E-state index contributed by atoms with van der Waals surface area (Å²) in [6, 6.07) is 15.4. The Bertz CT molecular complexity index is 1110. The Balaban J connectivity index is 1.75. The molecule has 186 valence electrons. The normalized spacial score (nSPS) is 15.4. The van der Waals surface area contributed by atoms with Crippen molar-refractivity contribution in [3.8, 4) is 17.3 Å². The highest BCUT2D eigenvalue weighted by Crippen LogP contribution is 2.32. The Morgan fingerprint density at radius 1 is 1.23 bits per heavy atom. The number of carbonyl (C=O) groups is 1. The van der Waals surface area contributed by atoms with Crippen molar-refractivity contribution in [1.29, 1.82) is 0 Å². The van der Waals surface area contributed by atoms with E-state index in [2.05, 4.69) is 5.32 Å². The molecule has 3 aromatic rings. The van der Waals surface area contributed by atoms with Gasteiger partial charge < -0.3 is 19.7 Å². The van der Waals surface area contributed by atoms with E-state index in [4.69, 9.17) is 14.6 Å². The van der Waals surface area contributed by atoms with E-state index in [1.165, 1.54) is 12.1 Å². The molecule has 35 heavy (non-hydrogen) atoms. The minimum Gasteiger partial charge on any atom is -0.439 e. The topological polar surface area (TPSA) is 68.6 Å². The number of urea groups is 1. The van der Waals surface area contributed by atoms with Crippen LogP contribution < -0.4 is 10.1 Å². The molecule has 0 bridgehead atoms. The number of hydrogen-bond acceptors (Lipinski definition) is 4. The summed E-state index contributed by atoms with van der Waals surface area (Å²) in [6.45, 7) is 7.41. The summed E-state index contributed by atoms with van der Waals surface area (Å²) in [5.74, 6) is 0.835. The van der Waals surface area contributed by atoms with Crippen LogP contribution in [-0.2, 0) is 17.7 Å². The molecule has 2 heterocycles. The van der Waals surface area contributed by atoms with Crippen molar-refractivity contribution in [2.24, 2.45) is 0 Å². The molecule has 0 aliphatic carbocycles. The molecule has 0 unspecified atom stereocenters. The van der Waals surface area contributed by atoms with Crippen LogP contribution in [-0.4, -0.2) is 46.0 Å². The molecule has 1 atom stereocenters. The number of amides is 2. The lowest BCUT2D eigenvalue weighted by molar-refractivity contribution is 0.0788. The van der Waals surface area contributed by atoms with Crippen LogP contribution >= 0.6 is 0 Å². The number of para-hydroxylation sites is 1. The first-order valence-corrected chi connectivity index (χ1v) is 12.2. The van der Waals surface area contributed by atoms with Crippen LogP contribution in [0.3, 0.4) is 0 Å². The number of aromatic nitrogens is 2. The number of rotatable bonds is 9. The van der Waals surface area contributed by atoms with Gasteiger partial charge in [-0.2, -0.15) is 5.10 Å². The smallest absolute Gasteiger partial charge is 0.317 e. The molecular formula is C27H33FN4O3. The molecule has 0 spiro atoms. The Morgan fingerprint density at radius 3 is 2.60 bits per heavy atom. The van der Waals surface area contributed by atoms with E-state index in [-0.39, 0.29) is 24.0 Å². The van der Waals surface area contributed by atoms with Gasteiger partial charge in [0.2, 0.25) is 5.88 Å². The van der Waals surface area contributed by atoms with E-state index in [1.54, 1.807) is 21.7 Å². The summed E-state index contributed by atoms with van der Waals surface area (Å²) in [7, 11) is 0. The van der Waals surface area contributed by atoms with Crippen molar-refractivity contribution >= 4 is 6.03 Å². The Hall–Kier alpha value is -3.39. The van der Waals surface area contributed by atoms with E-state index >= 15 is 0 Å². The van der Waals surface area contributed by atoms with Gasteiger partial charge in [-0.25, -0.2) is 13.9 Å². The van der Waals surface area contributed by atoms with Crippen molar-refractivity contribution in [3.05, 3.63) is 71.7 Å². The maximum Gasteiger partial charge on any atom is 0.317 e. The van der Waals surface area contributed by atoms with E-state index in [9.17, 15) is 9.18 Å². The first kappa shape index (κ1) is 24.7. The SMILES string of the molecule is CCc1nn(-c2ccc(F)cc2)c(Oc2ccccc2)c1CN(C[C@H]1CCCO1)C(=O)NC(C)C. The molecule has 1 saturated heterocycles. The van der Waals surface area contributed by atoms with Gasteiger partial charge >= 0.3 is 6.03 Å².